The Kier molecular flexibility index (Phi) is 5.82. The van der Waals surface area contributed by atoms with Gasteiger partial charge in [-0.2, -0.15) is 0 Å². The Balaban J connectivity index is 2.39. The van der Waals surface area contributed by atoms with E-state index in [4.69, 9.17) is 4.74 Å². The quantitative estimate of drug-likeness (QED) is 0.808. The molecule has 0 aromatic carbocycles. The van der Waals surface area contributed by atoms with E-state index in [0.717, 1.165) is 12.8 Å². The predicted molar refractivity (Wildman–Crippen MR) is 78.0 cm³/mol. The minimum Gasteiger partial charge on any atom is -0.444 e. The van der Waals surface area contributed by atoms with Crippen LogP contribution in [0.1, 0.15) is 47.0 Å². The fraction of sp³-hybridized carbons (Fsp3) is 0.923. The van der Waals surface area contributed by atoms with Gasteiger partial charge < -0.3 is 10.1 Å². The van der Waals surface area contributed by atoms with E-state index in [0.29, 0.717) is 13.0 Å². The number of carbonyl (C=O) groups is 1. The Bertz CT molecular complexity index is 428. The van der Waals surface area contributed by atoms with Crippen molar-refractivity contribution < 1.29 is 17.9 Å². The number of hydrogen-bond donors (Lipinski definition) is 2. The summed E-state index contributed by atoms with van der Waals surface area (Å²) in [5.74, 6) is 0.229. The molecule has 0 radical (unpaired) electrons. The van der Waals surface area contributed by atoms with Gasteiger partial charge in [0.15, 0.2) is 0 Å². The predicted octanol–water partition coefficient (Wildman–Crippen LogP) is 1.62. The van der Waals surface area contributed by atoms with Crippen LogP contribution in [0, 0.1) is 5.92 Å². The first-order chi connectivity index (χ1) is 9.11. The van der Waals surface area contributed by atoms with Crippen molar-refractivity contribution in [2.45, 2.75) is 58.6 Å². The lowest BCUT2D eigenvalue weighted by Crippen LogP contribution is -2.38. The average molecular weight is 306 g/mol. The number of nitrogens with one attached hydrogen (secondary N) is 2. The summed E-state index contributed by atoms with van der Waals surface area (Å²) in [7, 11) is -3.19. The molecule has 0 saturated heterocycles. The maximum absolute atomic E-state index is 11.7. The van der Waals surface area contributed by atoms with Crippen LogP contribution >= 0.6 is 0 Å². The Morgan fingerprint density at radius 3 is 2.50 bits per heavy atom. The molecule has 1 saturated carbocycles. The van der Waals surface area contributed by atoms with Crippen LogP contribution in [0.3, 0.4) is 0 Å². The normalized spacial score (nSPS) is 23.6. The minimum atomic E-state index is -3.19. The Labute approximate surface area is 121 Å². The van der Waals surface area contributed by atoms with Gasteiger partial charge in [-0.15, -0.1) is 0 Å². The highest BCUT2D eigenvalue weighted by Crippen LogP contribution is 2.27. The standard InChI is InChI=1S/C13H26N2O4S/c1-5-14-20(17,18)9-10-6-7-11(8-10)15-12(16)19-13(2,3)4/h10-11,14H,5-9H2,1-4H3,(H,15,16)/t10-,11+/m0/s1. The van der Waals surface area contributed by atoms with Gasteiger partial charge in [-0.25, -0.2) is 17.9 Å². The molecule has 0 aromatic rings. The van der Waals surface area contributed by atoms with E-state index in [1.807, 2.05) is 20.8 Å². The second-order valence-electron chi connectivity index (χ2n) is 6.30. The van der Waals surface area contributed by atoms with Crippen LogP contribution in [-0.4, -0.2) is 38.5 Å². The van der Waals surface area contributed by atoms with Crippen LogP contribution in [0.25, 0.3) is 0 Å². The highest BCUT2D eigenvalue weighted by molar-refractivity contribution is 7.89. The number of rotatable bonds is 5. The van der Waals surface area contributed by atoms with Crippen molar-refractivity contribution in [1.29, 1.82) is 0 Å². The fourth-order valence-corrected chi connectivity index (χ4v) is 3.90. The summed E-state index contributed by atoms with van der Waals surface area (Å²) in [6.45, 7) is 7.61. The largest absolute Gasteiger partial charge is 0.444 e. The molecule has 1 aliphatic carbocycles. The molecule has 7 heteroatoms. The number of alkyl carbamates (subject to hydrolysis) is 1. The van der Waals surface area contributed by atoms with Gasteiger partial charge >= 0.3 is 6.09 Å². The summed E-state index contributed by atoms with van der Waals surface area (Å²) in [4.78, 5) is 11.6. The van der Waals surface area contributed by atoms with Gasteiger partial charge in [-0.05, 0) is 46.0 Å². The first-order valence-corrected chi connectivity index (χ1v) is 8.73. The maximum atomic E-state index is 11.7. The summed E-state index contributed by atoms with van der Waals surface area (Å²) in [5.41, 5.74) is -0.517. The lowest BCUT2D eigenvalue weighted by molar-refractivity contribution is 0.0505. The SMILES string of the molecule is CCNS(=O)(=O)C[C@H]1CC[C@@H](NC(=O)OC(C)(C)C)C1. The first-order valence-electron chi connectivity index (χ1n) is 7.08. The second kappa shape index (κ2) is 6.76. The average Bonchev–Trinajstić information content (AvgIpc) is 2.60. The van der Waals surface area contributed by atoms with Crippen LogP contribution in [-0.2, 0) is 14.8 Å². The molecule has 0 unspecified atom stereocenters. The fourth-order valence-electron chi connectivity index (χ4n) is 2.42. The van der Waals surface area contributed by atoms with Gasteiger partial charge in [0, 0.05) is 12.6 Å². The molecular formula is C13H26N2O4S. The van der Waals surface area contributed by atoms with E-state index in [2.05, 4.69) is 10.0 Å². The van der Waals surface area contributed by atoms with Crippen molar-refractivity contribution >= 4 is 16.1 Å². The van der Waals surface area contributed by atoms with Crippen LogP contribution in [0.5, 0.6) is 0 Å². The molecule has 1 aliphatic rings. The molecule has 6 nitrogen and oxygen atoms in total. The smallest absolute Gasteiger partial charge is 0.407 e. The number of carbonyl (C=O) groups excluding carboxylic acids is 1. The van der Waals surface area contributed by atoms with Crippen molar-refractivity contribution in [3.63, 3.8) is 0 Å². The van der Waals surface area contributed by atoms with Gasteiger partial charge in [0.2, 0.25) is 10.0 Å². The van der Waals surface area contributed by atoms with Crippen LogP contribution in [0.15, 0.2) is 0 Å². The summed E-state index contributed by atoms with van der Waals surface area (Å²) in [5, 5.41) is 2.81. The van der Waals surface area contributed by atoms with Gasteiger partial charge in [-0.3, -0.25) is 0 Å². The molecule has 0 aliphatic heterocycles. The van der Waals surface area contributed by atoms with Crippen molar-refractivity contribution in [2.75, 3.05) is 12.3 Å². The van der Waals surface area contributed by atoms with E-state index >= 15 is 0 Å². The summed E-state index contributed by atoms with van der Waals surface area (Å²) in [6, 6.07) is 0.00618. The molecule has 0 spiro atoms. The maximum Gasteiger partial charge on any atom is 0.407 e. The second-order valence-corrected chi connectivity index (χ2v) is 8.15. The molecule has 1 rings (SSSR count). The van der Waals surface area contributed by atoms with E-state index in [1.54, 1.807) is 6.92 Å². The number of hydrogen-bond acceptors (Lipinski definition) is 4. The Morgan fingerprint density at radius 2 is 1.95 bits per heavy atom. The third-order valence-corrected chi connectivity index (χ3v) is 4.72. The van der Waals surface area contributed by atoms with Crippen molar-refractivity contribution in [2.24, 2.45) is 5.92 Å². The monoisotopic (exact) mass is 306 g/mol. The van der Waals surface area contributed by atoms with Gasteiger partial charge in [-0.1, -0.05) is 6.92 Å². The van der Waals surface area contributed by atoms with E-state index in [9.17, 15) is 13.2 Å². The number of ether oxygens (including phenoxy) is 1. The summed E-state index contributed by atoms with van der Waals surface area (Å²) >= 11 is 0. The van der Waals surface area contributed by atoms with Crippen LogP contribution < -0.4 is 10.0 Å². The van der Waals surface area contributed by atoms with Crippen molar-refractivity contribution in [1.82, 2.24) is 10.0 Å². The zero-order valence-corrected chi connectivity index (χ0v) is 13.5. The number of sulfonamides is 1. The van der Waals surface area contributed by atoms with E-state index in [-0.39, 0.29) is 17.7 Å². The zero-order valence-electron chi connectivity index (χ0n) is 12.7. The molecule has 20 heavy (non-hydrogen) atoms. The minimum absolute atomic E-state index is 0.00618. The van der Waals surface area contributed by atoms with Crippen LogP contribution in [0.2, 0.25) is 0 Å². The topological polar surface area (TPSA) is 84.5 Å². The molecule has 0 heterocycles. The highest BCUT2D eigenvalue weighted by atomic mass is 32.2. The summed E-state index contributed by atoms with van der Waals surface area (Å²) < 4.78 is 31.0. The Hall–Kier alpha value is -0.820. The third kappa shape index (κ3) is 6.56. The lowest BCUT2D eigenvalue weighted by Gasteiger charge is -2.21. The van der Waals surface area contributed by atoms with Gasteiger partial charge in [0.25, 0.3) is 0 Å². The van der Waals surface area contributed by atoms with Crippen molar-refractivity contribution in [3.05, 3.63) is 0 Å². The molecule has 1 amide bonds. The molecule has 1 fully saturated rings. The Morgan fingerprint density at radius 1 is 1.30 bits per heavy atom. The molecule has 0 aromatic heterocycles. The first kappa shape index (κ1) is 17.2. The molecule has 0 bridgehead atoms. The van der Waals surface area contributed by atoms with E-state index in [1.165, 1.54) is 0 Å². The van der Waals surface area contributed by atoms with E-state index < -0.39 is 21.7 Å². The van der Waals surface area contributed by atoms with Crippen molar-refractivity contribution in [3.8, 4) is 0 Å². The summed E-state index contributed by atoms with van der Waals surface area (Å²) in [6.07, 6.45) is 1.86. The van der Waals surface area contributed by atoms with Gasteiger partial charge in [0.1, 0.15) is 5.60 Å². The van der Waals surface area contributed by atoms with Gasteiger partial charge in [0.05, 0.1) is 5.75 Å². The molecule has 2 atom stereocenters. The lowest BCUT2D eigenvalue weighted by atomic mass is 10.1. The third-order valence-electron chi connectivity index (χ3n) is 3.08. The molecule has 118 valence electrons. The number of amides is 1. The van der Waals surface area contributed by atoms with Crippen LogP contribution in [0.4, 0.5) is 4.79 Å². The zero-order chi connectivity index (χ0) is 15.4. The highest BCUT2D eigenvalue weighted by Gasteiger charge is 2.30. The molecule has 2 N–H and O–H groups in total. The molecular weight excluding hydrogens is 280 g/mol.